The van der Waals surface area contributed by atoms with Crippen LogP contribution in [0.2, 0.25) is 0 Å². The number of nitrogens with one attached hydrogen (secondary N) is 2. The summed E-state index contributed by atoms with van der Waals surface area (Å²) in [7, 11) is 0. The minimum absolute atomic E-state index is 0.199. The molecule has 3 aromatic rings. The number of carbonyl (C=O) groups is 1. The summed E-state index contributed by atoms with van der Waals surface area (Å²) in [5.74, 6) is 0.222. The molecule has 3 aromatic carbocycles. The smallest absolute Gasteiger partial charge is 0.257 e. The second-order valence-corrected chi connectivity index (χ2v) is 6.85. The van der Waals surface area contributed by atoms with Crippen molar-refractivity contribution < 1.29 is 4.79 Å². The fourth-order valence-corrected chi connectivity index (χ4v) is 2.66. The molecule has 0 saturated carbocycles. The van der Waals surface area contributed by atoms with Crippen molar-refractivity contribution in [2.24, 2.45) is 4.99 Å². The normalized spacial score (nSPS) is 11.0. The van der Waals surface area contributed by atoms with Crippen LogP contribution in [-0.4, -0.2) is 11.9 Å². The topological polar surface area (TPSA) is 53.5 Å². The van der Waals surface area contributed by atoms with Gasteiger partial charge in [0, 0.05) is 14.8 Å². The molecule has 0 unspecified atom stereocenters. The van der Waals surface area contributed by atoms with Crippen molar-refractivity contribution in [3.63, 3.8) is 0 Å². The van der Waals surface area contributed by atoms with Gasteiger partial charge in [0.1, 0.15) is 0 Å². The first-order valence-electron chi connectivity index (χ1n) is 8.18. The van der Waals surface area contributed by atoms with Crippen LogP contribution < -0.4 is 10.6 Å². The van der Waals surface area contributed by atoms with Crippen molar-refractivity contribution in [1.82, 2.24) is 5.32 Å². The summed E-state index contributed by atoms with van der Waals surface area (Å²) >= 11 is 2.25. The standard InChI is InChI=1S/C21H18IN3O/c22-18-11-13-19(14-12-18)24-21(23-15-16-7-3-1-4-8-16)25-20(26)17-9-5-2-6-10-17/h1-14H,15H2,(H2,23,24,25,26). The highest BCUT2D eigenvalue weighted by Crippen LogP contribution is 2.11. The van der Waals surface area contributed by atoms with E-state index in [2.05, 4.69) is 38.2 Å². The molecule has 0 heterocycles. The molecule has 26 heavy (non-hydrogen) atoms. The van der Waals surface area contributed by atoms with E-state index in [1.54, 1.807) is 12.1 Å². The highest BCUT2D eigenvalue weighted by molar-refractivity contribution is 14.1. The Bertz CT molecular complexity index is 878. The lowest BCUT2D eigenvalue weighted by Gasteiger charge is -2.12. The number of halogens is 1. The molecule has 4 nitrogen and oxygen atoms in total. The highest BCUT2D eigenvalue weighted by Gasteiger charge is 2.09. The van der Waals surface area contributed by atoms with Crippen LogP contribution in [0.4, 0.5) is 5.69 Å². The van der Waals surface area contributed by atoms with Crippen molar-refractivity contribution in [3.05, 3.63) is 99.6 Å². The van der Waals surface area contributed by atoms with Crippen molar-refractivity contribution in [1.29, 1.82) is 0 Å². The number of rotatable bonds is 4. The molecule has 0 radical (unpaired) electrons. The van der Waals surface area contributed by atoms with E-state index in [0.717, 1.165) is 14.8 Å². The predicted octanol–water partition coefficient (Wildman–Crippen LogP) is 4.69. The Balaban J connectivity index is 1.78. The van der Waals surface area contributed by atoms with Gasteiger partial charge in [0.15, 0.2) is 0 Å². The van der Waals surface area contributed by atoms with Crippen molar-refractivity contribution in [2.75, 3.05) is 5.32 Å². The van der Waals surface area contributed by atoms with Gasteiger partial charge >= 0.3 is 0 Å². The minimum Gasteiger partial charge on any atom is -0.326 e. The Morgan fingerprint density at radius 1 is 0.846 bits per heavy atom. The minimum atomic E-state index is -0.199. The van der Waals surface area contributed by atoms with Gasteiger partial charge in [-0.25, -0.2) is 4.99 Å². The zero-order chi connectivity index (χ0) is 18.2. The molecule has 3 rings (SSSR count). The lowest BCUT2D eigenvalue weighted by molar-refractivity contribution is 0.0977. The SMILES string of the molecule is O=C(NC(=NCc1ccccc1)Nc1ccc(I)cc1)c1ccccc1. The first-order valence-corrected chi connectivity index (χ1v) is 9.26. The molecule has 2 N–H and O–H groups in total. The van der Waals surface area contributed by atoms with Crippen LogP contribution in [0.1, 0.15) is 15.9 Å². The largest absolute Gasteiger partial charge is 0.326 e. The molecule has 0 aliphatic rings. The van der Waals surface area contributed by atoms with Crippen LogP contribution in [0, 0.1) is 3.57 Å². The first-order chi connectivity index (χ1) is 12.7. The number of anilines is 1. The number of nitrogens with zero attached hydrogens (tertiary/aromatic N) is 1. The average molecular weight is 455 g/mol. The van der Waals surface area contributed by atoms with E-state index in [1.165, 1.54) is 0 Å². The van der Waals surface area contributed by atoms with Gasteiger partial charge in [0.05, 0.1) is 6.54 Å². The van der Waals surface area contributed by atoms with E-state index in [9.17, 15) is 4.79 Å². The highest BCUT2D eigenvalue weighted by atomic mass is 127. The van der Waals surface area contributed by atoms with Crippen LogP contribution in [0.25, 0.3) is 0 Å². The molecule has 0 fully saturated rings. The molecule has 130 valence electrons. The molecule has 1 amide bonds. The number of hydrogen-bond acceptors (Lipinski definition) is 2. The average Bonchev–Trinajstić information content (AvgIpc) is 2.69. The Kier molecular flexibility index (Phi) is 6.38. The zero-order valence-corrected chi connectivity index (χ0v) is 16.2. The van der Waals surface area contributed by atoms with Gasteiger partial charge in [0.2, 0.25) is 5.96 Å². The van der Waals surface area contributed by atoms with E-state index in [4.69, 9.17) is 0 Å². The van der Waals surface area contributed by atoms with Crippen molar-refractivity contribution in [2.45, 2.75) is 6.54 Å². The second kappa shape index (κ2) is 9.15. The monoisotopic (exact) mass is 455 g/mol. The maximum atomic E-state index is 12.5. The molecule has 5 heteroatoms. The summed E-state index contributed by atoms with van der Waals surface area (Å²) in [5.41, 5.74) is 2.53. The van der Waals surface area contributed by atoms with Crippen LogP contribution in [0.5, 0.6) is 0 Å². The number of aliphatic imine (C=N–C) groups is 1. The Hall–Kier alpha value is -2.67. The third-order valence-corrected chi connectivity index (χ3v) is 4.36. The van der Waals surface area contributed by atoms with Crippen LogP contribution in [0.3, 0.4) is 0 Å². The molecule has 0 bridgehead atoms. The summed E-state index contributed by atoms with van der Waals surface area (Å²) in [6.07, 6.45) is 0. The van der Waals surface area contributed by atoms with Gasteiger partial charge < -0.3 is 5.32 Å². The van der Waals surface area contributed by atoms with Crippen LogP contribution >= 0.6 is 22.6 Å². The number of carbonyl (C=O) groups excluding carboxylic acids is 1. The van der Waals surface area contributed by atoms with E-state index < -0.39 is 0 Å². The fraction of sp³-hybridized carbons (Fsp3) is 0.0476. The molecule has 0 spiro atoms. The van der Waals surface area contributed by atoms with Crippen LogP contribution in [0.15, 0.2) is 89.9 Å². The molecule has 0 saturated heterocycles. The number of guanidine groups is 1. The Labute approximate surface area is 166 Å². The molecule has 0 aliphatic carbocycles. The fourth-order valence-electron chi connectivity index (χ4n) is 2.30. The van der Waals surface area contributed by atoms with E-state index in [1.807, 2.05) is 72.8 Å². The van der Waals surface area contributed by atoms with Gasteiger partial charge in [-0.3, -0.25) is 10.1 Å². The van der Waals surface area contributed by atoms with Gasteiger partial charge in [-0.15, -0.1) is 0 Å². The maximum absolute atomic E-state index is 12.5. The summed E-state index contributed by atoms with van der Waals surface area (Å²) < 4.78 is 1.14. The Morgan fingerprint density at radius 2 is 1.46 bits per heavy atom. The lowest BCUT2D eigenvalue weighted by Crippen LogP contribution is -2.36. The van der Waals surface area contributed by atoms with E-state index >= 15 is 0 Å². The number of amides is 1. The van der Waals surface area contributed by atoms with E-state index in [-0.39, 0.29) is 5.91 Å². The van der Waals surface area contributed by atoms with Gasteiger partial charge in [-0.1, -0.05) is 48.5 Å². The summed E-state index contributed by atoms with van der Waals surface area (Å²) in [4.78, 5) is 17.0. The quantitative estimate of drug-likeness (QED) is 0.341. The first kappa shape index (κ1) is 18.1. The van der Waals surface area contributed by atoms with E-state index in [0.29, 0.717) is 18.1 Å². The Morgan fingerprint density at radius 3 is 2.12 bits per heavy atom. The second-order valence-electron chi connectivity index (χ2n) is 5.60. The van der Waals surface area contributed by atoms with Crippen molar-refractivity contribution in [3.8, 4) is 0 Å². The molecular weight excluding hydrogens is 437 g/mol. The van der Waals surface area contributed by atoms with Crippen LogP contribution in [-0.2, 0) is 6.54 Å². The number of benzene rings is 3. The van der Waals surface area contributed by atoms with Gasteiger partial charge in [-0.05, 0) is 64.6 Å². The molecular formula is C21H18IN3O. The third-order valence-electron chi connectivity index (χ3n) is 3.64. The predicted molar refractivity (Wildman–Crippen MR) is 114 cm³/mol. The molecule has 0 aromatic heterocycles. The maximum Gasteiger partial charge on any atom is 0.257 e. The summed E-state index contributed by atoms with van der Waals surface area (Å²) in [5, 5.41) is 6.06. The molecule has 0 aliphatic heterocycles. The third kappa shape index (κ3) is 5.42. The van der Waals surface area contributed by atoms with Crippen molar-refractivity contribution >= 4 is 40.1 Å². The van der Waals surface area contributed by atoms with Gasteiger partial charge in [-0.2, -0.15) is 0 Å². The summed E-state index contributed by atoms with van der Waals surface area (Å²) in [6.45, 7) is 0.475. The number of hydrogen-bond donors (Lipinski definition) is 2. The van der Waals surface area contributed by atoms with Gasteiger partial charge in [0.25, 0.3) is 5.91 Å². The zero-order valence-electron chi connectivity index (χ0n) is 14.0. The lowest BCUT2D eigenvalue weighted by atomic mass is 10.2. The summed E-state index contributed by atoms with van der Waals surface area (Å²) in [6, 6.07) is 26.9. The molecule has 0 atom stereocenters.